The van der Waals surface area contributed by atoms with Gasteiger partial charge in [-0.3, -0.25) is 4.79 Å². The van der Waals surface area contributed by atoms with Gasteiger partial charge < -0.3 is 15.8 Å². The van der Waals surface area contributed by atoms with Gasteiger partial charge in [0.05, 0.1) is 28.3 Å². The van der Waals surface area contributed by atoms with Gasteiger partial charge in [0.15, 0.2) is 0 Å². The minimum absolute atomic E-state index is 0.0586. The van der Waals surface area contributed by atoms with Crippen molar-refractivity contribution in [1.82, 2.24) is 0 Å². The first-order valence-electron chi connectivity index (χ1n) is 7.67. The molecule has 1 aliphatic carbocycles. The molecule has 2 aromatic rings. The Balaban J connectivity index is 1.86. The predicted octanol–water partition coefficient (Wildman–Crippen LogP) is 4.64. The maximum atomic E-state index is 12.9. The van der Waals surface area contributed by atoms with Crippen molar-refractivity contribution in [3.8, 4) is 5.75 Å². The largest absolute Gasteiger partial charge is 0.495 e. The van der Waals surface area contributed by atoms with E-state index < -0.39 is 5.41 Å². The lowest BCUT2D eigenvalue weighted by Gasteiger charge is -2.40. The highest BCUT2D eigenvalue weighted by molar-refractivity contribution is 6.42. The Kier molecular flexibility index (Phi) is 4.61. The molecule has 2 aromatic carbocycles. The molecule has 3 N–H and O–H groups in total. The van der Waals surface area contributed by atoms with Gasteiger partial charge >= 0.3 is 0 Å². The molecule has 0 atom stereocenters. The van der Waals surface area contributed by atoms with Gasteiger partial charge in [0, 0.05) is 5.69 Å². The monoisotopic (exact) mass is 364 g/mol. The van der Waals surface area contributed by atoms with Gasteiger partial charge in [0.2, 0.25) is 5.91 Å². The summed E-state index contributed by atoms with van der Waals surface area (Å²) in [6, 6.07) is 10.6. The number of nitrogens with two attached hydrogens (primary N) is 1. The summed E-state index contributed by atoms with van der Waals surface area (Å²) in [5.41, 5.74) is 7.35. The van der Waals surface area contributed by atoms with E-state index in [0.717, 1.165) is 24.8 Å². The fourth-order valence-corrected chi connectivity index (χ4v) is 3.33. The maximum absolute atomic E-state index is 12.9. The normalized spacial score (nSPS) is 15.5. The van der Waals surface area contributed by atoms with E-state index in [1.807, 2.05) is 6.07 Å². The molecule has 1 saturated carbocycles. The first-order chi connectivity index (χ1) is 11.5. The van der Waals surface area contributed by atoms with Crippen molar-refractivity contribution in [2.75, 3.05) is 18.2 Å². The second kappa shape index (κ2) is 6.54. The predicted molar refractivity (Wildman–Crippen MR) is 98.0 cm³/mol. The Labute approximate surface area is 150 Å². The Bertz CT molecular complexity index is 789. The van der Waals surface area contributed by atoms with E-state index in [9.17, 15) is 4.79 Å². The Hall–Kier alpha value is -1.91. The van der Waals surface area contributed by atoms with Gasteiger partial charge in [-0.15, -0.1) is 0 Å². The lowest BCUT2D eigenvalue weighted by Crippen LogP contribution is -2.46. The minimum Gasteiger partial charge on any atom is -0.495 e. The Morgan fingerprint density at radius 2 is 1.92 bits per heavy atom. The zero-order chi connectivity index (χ0) is 17.3. The van der Waals surface area contributed by atoms with Crippen LogP contribution in [0.2, 0.25) is 10.0 Å². The van der Waals surface area contributed by atoms with Gasteiger partial charge in [0.25, 0.3) is 0 Å². The van der Waals surface area contributed by atoms with Crippen molar-refractivity contribution in [1.29, 1.82) is 0 Å². The molecular weight excluding hydrogens is 347 g/mol. The van der Waals surface area contributed by atoms with Gasteiger partial charge in [-0.05, 0) is 48.7 Å². The van der Waals surface area contributed by atoms with Crippen LogP contribution in [0.4, 0.5) is 11.4 Å². The van der Waals surface area contributed by atoms with Crippen molar-refractivity contribution in [3.05, 3.63) is 52.0 Å². The lowest BCUT2D eigenvalue weighted by molar-refractivity contribution is -0.124. The molecule has 0 saturated heterocycles. The molecule has 0 bridgehead atoms. The summed E-state index contributed by atoms with van der Waals surface area (Å²) in [6.07, 6.45) is 2.56. The van der Waals surface area contributed by atoms with Crippen LogP contribution in [0.1, 0.15) is 24.8 Å². The molecule has 0 aliphatic heterocycles. The number of anilines is 2. The van der Waals surface area contributed by atoms with E-state index in [4.69, 9.17) is 33.7 Å². The van der Waals surface area contributed by atoms with Crippen molar-refractivity contribution in [2.24, 2.45) is 0 Å². The molecule has 6 heteroatoms. The number of carbonyl (C=O) groups excluding carboxylic acids is 1. The fourth-order valence-electron chi connectivity index (χ4n) is 3.03. The summed E-state index contributed by atoms with van der Waals surface area (Å²) in [5, 5.41) is 3.90. The van der Waals surface area contributed by atoms with E-state index >= 15 is 0 Å². The SMILES string of the molecule is COc1ccc(NC(=O)C2(c3ccc(Cl)c(Cl)c3)CCC2)cc1N. The molecule has 4 nitrogen and oxygen atoms in total. The van der Waals surface area contributed by atoms with Gasteiger partial charge in [-0.1, -0.05) is 35.7 Å². The molecule has 24 heavy (non-hydrogen) atoms. The average molecular weight is 365 g/mol. The third-order valence-electron chi connectivity index (χ3n) is 4.60. The number of carbonyl (C=O) groups is 1. The molecule has 0 aromatic heterocycles. The van der Waals surface area contributed by atoms with Crippen molar-refractivity contribution < 1.29 is 9.53 Å². The third kappa shape index (κ3) is 2.92. The number of nitrogens with one attached hydrogen (secondary N) is 1. The molecule has 0 radical (unpaired) electrons. The first kappa shape index (κ1) is 16.9. The number of amides is 1. The number of hydrogen-bond acceptors (Lipinski definition) is 3. The molecular formula is C18H18Cl2N2O2. The highest BCUT2D eigenvalue weighted by Crippen LogP contribution is 2.46. The summed E-state index contributed by atoms with van der Waals surface area (Å²) in [6.45, 7) is 0. The lowest BCUT2D eigenvalue weighted by atomic mass is 9.64. The number of nitrogen functional groups attached to an aromatic ring is 1. The summed E-state index contributed by atoms with van der Waals surface area (Å²) in [7, 11) is 1.55. The average Bonchev–Trinajstić information content (AvgIpc) is 2.50. The number of benzene rings is 2. The molecule has 3 rings (SSSR count). The van der Waals surface area contributed by atoms with Crippen LogP contribution in [0.3, 0.4) is 0 Å². The van der Waals surface area contributed by atoms with Crippen LogP contribution < -0.4 is 15.8 Å². The second-order valence-electron chi connectivity index (χ2n) is 5.98. The van der Waals surface area contributed by atoms with Crippen LogP contribution in [0, 0.1) is 0 Å². The topological polar surface area (TPSA) is 64.3 Å². The molecule has 1 aliphatic rings. The van der Waals surface area contributed by atoms with Gasteiger partial charge in [-0.2, -0.15) is 0 Å². The van der Waals surface area contributed by atoms with Crippen LogP contribution in [-0.4, -0.2) is 13.0 Å². The summed E-state index contributed by atoms with van der Waals surface area (Å²) < 4.78 is 5.13. The maximum Gasteiger partial charge on any atom is 0.235 e. The highest BCUT2D eigenvalue weighted by Gasteiger charge is 2.45. The second-order valence-corrected chi connectivity index (χ2v) is 6.79. The van der Waals surface area contributed by atoms with E-state index in [1.54, 1.807) is 37.4 Å². The van der Waals surface area contributed by atoms with Crippen LogP contribution >= 0.6 is 23.2 Å². The summed E-state index contributed by atoms with van der Waals surface area (Å²) in [4.78, 5) is 12.9. The van der Waals surface area contributed by atoms with Gasteiger partial charge in [-0.25, -0.2) is 0 Å². The fraction of sp³-hybridized carbons (Fsp3) is 0.278. The number of rotatable bonds is 4. The quantitative estimate of drug-likeness (QED) is 0.776. The number of ether oxygens (including phenoxy) is 1. The van der Waals surface area contributed by atoms with E-state index in [1.165, 1.54) is 0 Å². The van der Waals surface area contributed by atoms with E-state index in [2.05, 4.69) is 5.32 Å². The Morgan fingerprint density at radius 1 is 1.17 bits per heavy atom. The van der Waals surface area contributed by atoms with E-state index in [0.29, 0.717) is 27.2 Å². The van der Waals surface area contributed by atoms with Gasteiger partial charge in [0.1, 0.15) is 5.75 Å². The smallest absolute Gasteiger partial charge is 0.235 e. The summed E-state index contributed by atoms with van der Waals surface area (Å²) in [5.74, 6) is 0.521. The zero-order valence-corrected chi connectivity index (χ0v) is 14.7. The summed E-state index contributed by atoms with van der Waals surface area (Å²) >= 11 is 12.1. The van der Waals surface area contributed by atoms with Crippen molar-refractivity contribution >= 4 is 40.5 Å². The van der Waals surface area contributed by atoms with Crippen LogP contribution in [0.5, 0.6) is 5.75 Å². The number of halogens is 2. The molecule has 1 fully saturated rings. The first-order valence-corrected chi connectivity index (χ1v) is 8.42. The van der Waals surface area contributed by atoms with Crippen LogP contribution in [-0.2, 0) is 10.2 Å². The number of hydrogen-bond donors (Lipinski definition) is 2. The highest BCUT2D eigenvalue weighted by atomic mass is 35.5. The Morgan fingerprint density at radius 3 is 2.46 bits per heavy atom. The zero-order valence-electron chi connectivity index (χ0n) is 13.2. The van der Waals surface area contributed by atoms with Crippen LogP contribution in [0.15, 0.2) is 36.4 Å². The van der Waals surface area contributed by atoms with Crippen molar-refractivity contribution in [3.63, 3.8) is 0 Å². The van der Waals surface area contributed by atoms with E-state index in [-0.39, 0.29) is 5.91 Å². The molecule has 0 unspecified atom stereocenters. The molecule has 0 spiro atoms. The molecule has 1 amide bonds. The van der Waals surface area contributed by atoms with Crippen molar-refractivity contribution in [2.45, 2.75) is 24.7 Å². The molecule has 0 heterocycles. The third-order valence-corrected chi connectivity index (χ3v) is 5.34. The van der Waals surface area contributed by atoms with Crippen LogP contribution in [0.25, 0.3) is 0 Å². The standard InChI is InChI=1S/C18H18Cl2N2O2/c1-24-16-6-4-12(10-15(16)21)22-17(23)18(7-2-8-18)11-3-5-13(19)14(20)9-11/h3-6,9-10H,2,7-8,21H2,1H3,(H,22,23). The minimum atomic E-state index is -0.567. The number of methoxy groups -OCH3 is 1. The molecule has 126 valence electrons.